The van der Waals surface area contributed by atoms with Crippen LogP contribution in [0, 0.1) is 5.92 Å². The van der Waals surface area contributed by atoms with Crippen LogP contribution in [-0.4, -0.2) is 38.5 Å². The van der Waals surface area contributed by atoms with Gasteiger partial charge in [0, 0.05) is 33.1 Å². The number of hydrogen-bond donors (Lipinski definition) is 3. The SMILES string of the molecule is C=CCNC(=NC)NCCNC(=O)CC1CCCCC1.I. The maximum atomic E-state index is 11.8. The van der Waals surface area contributed by atoms with Crippen LogP contribution >= 0.6 is 24.0 Å². The van der Waals surface area contributed by atoms with E-state index in [0.717, 1.165) is 5.96 Å². The van der Waals surface area contributed by atoms with Gasteiger partial charge in [-0.25, -0.2) is 0 Å². The quantitative estimate of drug-likeness (QED) is 0.199. The molecule has 1 amide bonds. The van der Waals surface area contributed by atoms with Crippen LogP contribution in [0.4, 0.5) is 0 Å². The molecule has 0 spiro atoms. The second kappa shape index (κ2) is 12.9. The predicted molar refractivity (Wildman–Crippen MR) is 99.2 cm³/mol. The Kier molecular flexibility index (Phi) is 12.4. The highest BCUT2D eigenvalue weighted by Gasteiger charge is 2.16. The first-order valence-corrected chi connectivity index (χ1v) is 7.58. The zero-order valence-corrected chi connectivity index (χ0v) is 15.3. The van der Waals surface area contributed by atoms with Gasteiger partial charge < -0.3 is 16.0 Å². The van der Waals surface area contributed by atoms with Gasteiger partial charge in [-0.15, -0.1) is 30.6 Å². The third kappa shape index (κ3) is 9.71. The van der Waals surface area contributed by atoms with Crippen LogP contribution in [0.5, 0.6) is 0 Å². The first-order chi connectivity index (χ1) is 9.76. The summed E-state index contributed by atoms with van der Waals surface area (Å²) in [6, 6.07) is 0. The molecule has 21 heavy (non-hydrogen) atoms. The van der Waals surface area contributed by atoms with Crippen LogP contribution in [0.1, 0.15) is 38.5 Å². The summed E-state index contributed by atoms with van der Waals surface area (Å²) in [5.41, 5.74) is 0. The van der Waals surface area contributed by atoms with E-state index in [-0.39, 0.29) is 29.9 Å². The number of nitrogens with one attached hydrogen (secondary N) is 3. The normalized spacial score (nSPS) is 15.8. The van der Waals surface area contributed by atoms with Crippen molar-refractivity contribution in [2.75, 3.05) is 26.7 Å². The molecule has 0 radical (unpaired) electrons. The number of amides is 1. The summed E-state index contributed by atoms with van der Waals surface area (Å²) in [6.07, 6.45) is 8.78. The second-order valence-electron chi connectivity index (χ2n) is 5.23. The third-order valence-electron chi connectivity index (χ3n) is 3.58. The molecule has 0 aromatic heterocycles. The van der Waals surface area contributed by atoms with Crippen LogP contribution in [-0.2, 0) is 4.79 Å². The molecule has 0 aromatic carbocycles. The van der Waals surface area contributed by atoms with E-state index in [4.69, 9.17) is 0 Å². The molecule has 6 heteroatoms. The minimum absolute atomic E-state index is 0. The first kappa shape index (κ1) is 20.2. The van der Waals surface area contributed by atoms with Crippen LogP contribution in [0.3, 0.4) is 0 Å². The molecule has 0 unspecified atom stereocenters. The van der Waals surface area contributed by atoms with Gasteiger partial charge in [0.15, 0.2) is 5.96 Å². The van der Waals surface area contributed by atoms with Crippen LogP contribution in [0.2, 0.25) is 0 Å². The molecule has 1 rings (SSSR count). The molecule has 1 saturated carbocycles. The molecule has 0 bridgehead atoms. The second-order valence-corrected chi connectivity index (χ2v) is 5.23. The van der Waals surface area contributed by atoms with Gasteiger partial charge in [0.1, 0.15) is 0 Å². The molecule has 3 N–H and O–H groups in total. The predicted octanol–water partition coefficient (Wildman–Crippen LogP) is 2.04. The molecule has 0 saturated heterocycles. The minimum Gasteiger partial charge on any atom is -0.355 e. The average molecular weight is 408 g/mol. The standard InChI is InChI=1S/C15H28N4O.HI/c1-3-9-18-15(16-2)19-11-10-17-14(20)12-13-7-5-4-6-8-13;/h3,13H,1,4-12H2,2H3,(H,17,20)(H2,16,18,19);1H. The summed E-state index contributed by atoms with van der Waals surface area (Å²) in [7, 11) is 1.72. The lowest BCUT2D eigenvalue weighted by molar-refractivity contribution is -0.122. The Hall–Kier alpha value is -0.790. The number of nitrogens with zero attached hydrogens (tertiary/aromatic N) is 1. The average Bonchev–Trinajstić information content (AvgIpc) is 2.47. The van der Waals surface area contributed by atoms with Crippen molar-refractivity contribution in [2.24, 2.45) is 10.9 Å². The van der Waals surface area contributed by atoms with Crippen molar-refractivity contribution >= 4 is 35.8 Å². The molecular formula is C15H29IN4O. The molecule has 1 aliphatic rings. The van der Waals surface area contributed by atoms with Crippen molar-refractivity contribution < 1.29 is 4.79 Å². The van der Waals surface area contributed by atoms with Gasteiger partial charge in [0.05, 0.1) is 0 Å². The molecule has 5 nitrogen and oxygen atoms in total. The van der Waals surface area contributed by atoms with Gasteiger partial charge in [-0.3, -0.25) is 9.79 Å². The molecule has 0 aliphatic heterocycles. The van der Waals surface area contributed by atoms with Gasteiger partial charge in [0.25, 0.3) is 0 Å². The van der Waals surface area contributed by atoms with E-state index in [9.17, 15) is 4.79 Å². The number of halogens is 1. The zero-order valence-electron chi connectivity index (χ0n) is 13.0. The Morgan fingerprint density at radius 2 is 1.86 bits per heavy atom. The van der Waals surface area contributed by atoms with Crippen molar-refractivity contribution in [1.29, 1.82) is 0 Å². The molecule has 122 valence electrons. The molecule has 1 fully saturated rings. The smallest absolute Gasteiger partial charge is 0.220 e. The fourth-order valence-electron chi connectivity index (χ4n) is 2.50. The Morgan fingerprint density at radius 3 is 2.48 bits per heavy atom. The lowest BCUT2D eigenvalue weighted by atomic mass is 9.87. The van der Waals surface area contributed by atoms with Crippen LogP contribution in [0.25, 0.3) is 0 Å². The lowest BCUT2D eigenvalue weighted by Crippen LogP contribution is -2.41. The Balaban J connectivity index is 0.00000400. The summed E-state index contributed by atoms with van der Waals surface area (Å²) in [4.78, 5) is 15.9. The molecule has 1 aliphatic carbocycles. The van der Waals surface area contributed by atoms with Gasteiger partial charge in [-0.05, 0) is 18.8 Å². The Morgan fingerprint density at radius 1 is 1.19 bits per heavy atom. The summed E-state index contributed by atoms with van der Waals surface area (Å²) in [5.74, 6) is 1.50. The van der Waals surface area contributed by atoms with Gasteiger partial charge in [-0.1, -0.05) is 25.3 Å². The van der Waals surface area contributed by atoms with Crippen LogP contribution < -0.4 is 16.0 Å². The number of guanidine groups is 1. The topological polar surface area (TPSA) is 65.5 Å². The van der Waals surface area contributed by atoms with E-state index < -0.39 is 0 Å². The highest BCUT2D eigenvalue weighted by molar-refractivity contribution is 14.0. The van der Waals surface area contributed by atoms with E-state index >= 15 is 0 Å². The Labute approximate surface area is 145 Å². The number of carbonyl (C=O) groups excluding carboxylic acids is 1. The fraction of sp³-hybridized carbons (Fsp3) is 0.733. The zero-order chi connectivity index (χ0) is 14.6. The molecule has 0 aromatic rings. The van der Waals surface area contributed by atoms with Crippen molar-refractivity contribution in [3.05, 3.63) is 12.7 Å². The summed E-state index contributed by atoms with van der Waals surface area (Å²) < 4.78 is 0. The number of carbonyl (C=O) groups is 1. The highest BCUT2D eigenvalue weighted by atomic mass is 127. The van der Waals surface area contributed by atoms with E-state index in [1.54, 1.807) is 13.1 Å². The lowest BCUT2D eigenvalue weighted by Gasteiger charge is -2.20. The van der Waals surface area contributed by atoms with Crippen molar-refractivity contribution in [2.45, 2.75) is 38.5 Å². The largest absolute Gasteiger partial charge is 0.355 e. The van der Waals surface area contributed by atoms with Gasteiger partial charge in [-0.2, -0.15) is 0 Å². The maximum Gasteiger partial charge on any atom is 0.220 e. The number of aliphatic imine (C=N–C) groups is 1. The van der Waals surface area contributed by atoms with E-state index in [0.29, 0.717) is 32.0 Å². The van der Waals surface area contributed by atoms with Crippen molar-refractivity contribution in [3.8, 4) is 0 Å². The van der Waals surface area contributed by atoms with E-state index in [1.165, 1.54) is 32.1 Å². The molecule has 0 atom stereocenters. The number of hydrogen-bond acceptors (Lipinski definition) is 2. The molecule has 0 heterocycles. The van der Waals surface area contributed by atoms with Crippen molar-refractivity contribution in [1.82, 2.24) is 16.0 Å². The van der Waals surface area contributed by atoms with Crippen LogP contribution in [0.15, 0.2) is 17.6 Å². The fourth-order valence-corrected chi connectivity index (χ4v) is 2.50. The van der Waals surface area contributed by atoms with Gasteiger partial charge in [0.2, 0.25) is 5.91 Å². The van der Waals surface area contributed by atoms with Gasteiger partial charge >= 0.3 is 0 Å². The van der Waals surface area contributed by atoms with E-state index in [2.05, 4.69) is 27.5 Å². The Bertz CT molecular complexity index is 328. The summed E-state index contributed by atoms with van der Waals surface area (Å²) in [6.45, 7) is 5.61. The minimum atomic E-state index is 0. The van der Waals surface area contributed by atoms with Crippen molar-refractivity contribution in [3.63, 3.8) is 0 Å². The monoisotopic (exact) mass is 408 g/mol. The van der Waals surface area contributed by atoms with E-state index in [1.807, 2.05) is 0 Å². The maximum absolute atomic E-state index is 11.8. The molecular weight excluding hydrogens is 379 g/mol. The summed E-state index contributed by atoms with van der Waals surface area (Å²) >= 11 is 0. The number of rotatable bonds is 7. The third-order valence-corrected chi connectivity index (χ3v) is 3.58. The first-order valence-electron chi connectivity index (χ1n) is 7.58. The highest BCUT2D eigenvalue weighted by Crippen LogP contribution is 2.25. The summed E-state index contributed by atoms with van der Waals surface area (Å²) in [5, 5.41) is 9.18.